The van der Waals surface area contributed by atoms with Gasteiger partial charge in [-0.1, -0.05) is 24.3 Å². The molecule has 31 heavy (non-hydrogen) atoms. The molecule has 1 saturated heterocycles. The molecule has 1 aliphatic rings. The van der Waals surface area contributed by atoms with Crippen molar-refractivity contribution in [3.63, 3.8) is 0 Å². The fraction of sp³-hybridized carbons (Fsp3) is 0.417. The lowest BCUT2D eigenvalue weighted by Crippen LogP contribution is -2.43. The van der Waals surface area contributed by atoms with Crippen LogP contribution in [0.4, 0.5) is 5.69 Å². The fourth-order valence-corrected chi connectivity index (χ4v) is 3.74. The van der Waals surface area contributed by atoms with Gasteiger partial charge in [-0.25, -0.2) is 0 Å². The molecule has 1 unspecified atom stereocenters. The highest BCUT2D eigenvalue weighted by molar-refractivity contribution is 5.91. The standard InChI is InChI=1S/C24H32N4O3/c1-18(29)25-23(20-7-9-22(31-3)10-8-20)16-24(30)26-21-6-4-5-19(15-21)17-28-13-11-27(2)12-14-28/h4-10,15,23H,11-14,16-17H2,1-3H3,(H,25,29)(H,26,30). The zero-order valence-corrected chi connectivity index (χ0v) is 18.6. The van der Waals surface area contributed by atoms with Crippen molar-refractivity contribution in [2.24, 2.45) is 0 Å². The highest BCUT2D eigenvalue weighted by Crippen LogP contribution is 2.22. The van der Waals surface area contributed by atoms with Gasteiger partial charge in [0.15, 0.2) is 0 Å². The van der Waals surface area contributed by atoms with E-state index >= 15 is 0 Å². The summed E-state index contributed by atoms with van der Waals surface area (Å²) in [6, 6.07) is 14.9. The minimum absolute atomic E-state index is 0.147. The van der Waals surface area contributed by atoms with Gasteiger partial charge in [0, 0.05) is 45.3 Å². The molecule has 0 bridgehead atoms. The first kappa shape index (κ1) is 22.8. The minimum Gasteiger partial charge on any atom is -0.497 e. The summed E-state index contributed by atoms with van der Waals surface area (Å²) in [5.74, 6) is 0.404. The Hall–Kier alpha value is -2.90. The first-order valence-electron chi connectivity index (χ1n) is 10.6. The number of amides is 2. The first-order valence-corrected chi connectivity index (χ1v) is 10.6. The third-order valence-corrected chi connectivity index (χ3v) is 5.50. The number of hydrogen-bond acceptors (Lipinski definition) is 5. The summed E-state index contributed by atoms with van der Waals surface area (Å²) in [4.78, 5) is 29.2. The van der Waals surface area contributed by atoms with Crippen molar-refractivity contribution >= 4 is 17.5 Å². The number of likely N-dealkylation sites (N-methyl/N-ethyl adjacent to an activating group) is 1. The monoisotopic (exact) mass is 424 g/mol. The van der Waals surface area contributed by atoms with Crippen molar-refractivity contribution in [2.75, 3.05) is 45.7 Å². The molecule has 2 aromatic carbocycles. The van der Waals surface area contributed by atoms with Crippen LogP contribution in [0.15, 0.2) is 48.5 Å². The van der Waals surface area contributed by atoms with E-state index < -0.39 is 6.04 Å². The van der Waals surface area contributed by atoms with E-state index in [0.29, 0.717) is 0 Å². The van der Waals surface area contributed by atoms with Gasteiger partial charge >= 0.3 is 0 Å². The topological polar surface area (TPSA) is 73.9 Å². The molecule has 2 amide bonds. The molecule has 0 aliphatic carbocycles. The number of carbonyl (C=O) groups excluding carboxylic acids is 2. The third-order valence-electron chi connectivity index (χ3n) is 5.50. The molecule has 166 valence electrons. The van der Waals surface area contributed by atoms with Crippen LogP contribution in [0.2, 0.25) is 0 Å². The second-order valence-electron chi connectivity index (χ2n) is 8.06. The van der Waals surface area contributed by atoms with Gasteiger partial charge in [-0.2, -0.15) is 0 Å². The quantitative estimate of drug-likeness (QED) is 0.682. The molecule has 1 atom stereocenters. The summed E-state index contributed by atoms with van der Waals surface area (Å²) in [5, 5.41) is 5.85. The minimum atomic E-state index is -0.406. The molecule has 1 heterocycles. The number of nitrogens with zero attached hydrogens (tertiary/aromatic N) is 2. The van der Waals surface area contributed by atoms with Crippen LogP contribution in [0.1, 0.15) is 30.5 Å². The highest BCUT2D eigenvalue weighted by atomic mass is 16.5. The second kappa shape index (κ2) is 10.9. The van der Waals surface area contributed by atoms with E-state index in [-0.39, 0.29) is 18.2 Å². The number of rotatable bonds is 8. The number of ether oxygens (including phenoxy) is 1. The predicted octanol–water partition coefficient (Wildman–Crippen LogP) is 2.65. The molecular weight excluding hydrogens is 392 g/mol. The Balaban J connectivity index is 1.61. The van der Waals surface area contributed by atoms with Crippen molar-refractivity contribution in [3.05, 3.63) is 59.7 Å². The number of methoxy groups -OCH3 is 1. The van der Waals surface area contributed by atoms with Gasteiger partial charge in [-0.3, -0.25) is 14.5 Å². The molecule has 7 nitrogen and oxygen atoms in total. The van der Waals surface area contributed by atoms with Crippen LogP contribution >= 0.6 is 0 Å². The van der Waals surface area contributed by atoms with Gasteiger partial charge in [0.05, 0.1) is 19.6 Å². The van der Waals surface area contributed by atoms with E-state index in [1.165, 1.54) is 12.5 Å². The summed E-state index contributed by atoms with van der Waals surface area (Å²) in [6.45, 7) is 6.58. The lowest BCUT2D eigenvalue weighted by Gasteiger charge is -2.32. The summed E-state index contributed by atoms with van der Waals surface area (Å²) in [7, 11) is 3.75. The van der Waals surface area contributed by atoms with Crippen LogP contribution in [0.5, 0.6) is 5.75 Å². The number of benzene rings is 2. The molecule has 7 heteroatoms. The normalized spacial score (nSPS) is 15.8. The van der Waals surface area contributed by atoms with Crippen LogP contribution in [0, 0.1) is 0 Å². The largest absolute Gasteiger partial charge is 0.497 e. The molecule has 0 spiro atoms. The Bertz CT molecular complexity index is 877. The van der Waals surface area contributed by atoms with Gasteiger partial charge in [0.25, 0.3) is 0 Å². The second-order valence-corrected chi connectivity index (χ2v) is 8.06. The Morgan fingerprint density at radius 2 is 1.77 bits per heavy atom. The molecule has 0 radical (unpaired) electrons. The summed E-state index contributed by atoms with van der Waals surface area (Å²) in [6.07, 6.45) is 0.147. The SMILES string of the molecule is COc1ccc(C(CC(=O)Nc2cccc(CN3CCN(C)CC3)c2)NC(C)=O)cc1. The molecule has 2 aromatic rings. The van der Waals surface area contributed by atoms with E-state index in [4.69, 9.17) is 4.74 Å². The van der Waals surface area contributed by atoms with Gasteiger partial charge in [-0.05, 0) is 42.4 Å². The lowest BCUT2D eigenvalue weighted by atomic mass is 10.0. The highest BCUT2D eigenvalue weighted by Gasteiger charge is 2.18. The molecule has 1 aliphatic heterocycles. The van der Waals surface area contributed by atoms with E-state index in [1.54, 1.807) is 7.11 Å². The molecule has 3 rings (SSSR count). The van der Waals surface area contributed by atoms with Crippen LogP contribution < -0.4 is 15.4 Å². The average Bonchev–Trinajstić information content (AvgIpc) is 2.75. The van der Waals surface area contributed by atoms with Crippen LogP contribution in [-0.4, -0.2) is 62.0 Å². The number of carbonyl (C=O) groups is 2. The summed E-state index contributed by atoms with van der Waals surface area (Å²) >= 11 is 0. The average molecular weight is 425 g/mol. The Morgan fingerprint density at radius 3 is 2.42 bits per heavy atom. The smallest absolute Gasteiger partial charge is 0.226 e. The lowest BCUT2D eigenvalue weighted by molar-refractivity contribution is -0.120. The predicted molar refractivity (Wildman–Crippen MR) is 122 cm³/mol. The van der Waals surface area contributed by atoms with Crippen LogP contribution in [0.25, 0.3) is 0 Å². The number of anilines is 1. The molecule has 0 aromatic heterocycles. The van der Waals surface area contributed by atoms with Gasteiger partial charge in [0.2, 0.25) is 11.8 Å². The summed E-state index contributed by atoms with van der Waals surface area (Å²) < 4.78 is 5.19. The van der Waals surface area contributed by atoms with Crippen molar-refractivity contribution in [3.8, 4) is 5.75 Å². The van der Waals surface area contributed by atoms with E-state index in [2.05, 4.69) is 33.5 Å². The molecule has 0 saturated carbocycles. The van der Waals surface area contributed by atoms with Crippen molar-refractivity contribution in [2.45, 2.75) is 25.9 Å². The van der Waals surface area contributed by atoms with E-state index in [1.807, 2.05) is 42.5 Å². The van der Waals surface area contributed by atoms with E-state index in [9.17, 15) is 9.59 Å². The maximum Gasteiger partial charge on any atom is 0.226 e. The third kappa shape index (κ3) is 7.08. The Labute approximate surface area is 184 Å². The summed E-state index contributed by atoms with van der Waals surface area (Å²) in [5.41, 5.74) is 2.80. The van der Waals surface area contributed by atoms with Crippen molar-refractivity contribution < 1.29 is 14.3 Å². The Morgan fingerprint density at radius 1 is 1.06 bits per heavy atom. The zero-order chi connectivity index (χ0) is 22.2. The zero-order valence-electron chi connectivity index (χ0n) is 18.6. The number of hydrogen-bond donors (Lipinski definition) is 2. The fourth-order valence-electron chi connectivity index (χ4n) is 3.74. The van der Waals surface area contributed by atoms with Crippen LogP contribution in [0.3, 0.4) is 0 Å². The van der Waals surface area contributed by atoms with Gasteiger partial charge in [0.1, 0.15) is 5.75 Å². The first-order chi connectivity index (χ1) is 14.9. The maximum atomic E-state index is 12.7. The number of piperazine rings is 1. The van der Waals surface area contributed by atoms with E-state index in [0.717, 1.165) is 49.7 Å². The molecular formula is C24H32N4O3. The van der Waals surface area contributed by atoms with Gasteiger partial charge in [-0.15, -0.1) is 0 Å². The van der Waals surface area contributed by atoms with Crippen molar-refractivity contribution in [1.82, 2.24) is 15.1 Å². The van der Waals surface area contributed by atoms with Crippen molar-refractivity contribution in [1.29, 1.82) is 0 Å². The maximum absolute atomic E-state index is 12.7. The molecule has 1 fully saturated rings. The van der Waals surface area contributed by atoms with Crippen LogP contribution in [-0.2, 0) is 16.1 Å². The van der Waals surface area contributed by atoms with Gasteiger partial charge < -0.3 is 20.3 Å². The molecule has 2 N–H and O–H groups in total. The Kier molecular flexibility index (Phi) is 8.03. The number of nitrogens with one attached hydrogen (secondary N) is 2.